The van der Waals surface area contributed by atoms with Gasteiger partial charge in [0.2, 0.25) is 23.6 Å². The highest BCUT2D eigenvalue weighted by Gasteiger charge is 2.31. The first-order valence-electron chi connectivity index (χ1n) is 15.1. The number of ether oxygens (including phenoxy) is 1. The van der Waals surface area contributed by atoms with E-state index in [1.807, 2.05) is 4.90 Å². The first-order valence-corrected chi connectivity index (χ1v) is 15.1. The van der Waals surface area contributed by atoms with Gasteiger partial charge in [0.15, 0.2) is 0 Å². The SMILES string of the molecule is CC(=O)N(C)CCC[C@H]1C(=O)N(C)CCCCN(C(=O)CCN2CCCC2=O)CCCOc2ccccc2C(=O)N1C. The number of carbonyl (C=O) groups excluding carboxylic acids is 5. The van der Waals surface area contributed by atoms with Gasteiger partial charge in [-0.05, 0) is 50.7 Å². The number of likely N-dealkylation sites (N-methyl/N-ethyl adjacent to an activating group) is 2. The number of para-hydroxylation sites is 1. The fraction of sp³-hybridized carbons (Fsp3) is 0.645. The molecule has 1 atom stereocenters. The summed E-state index contributed by atoms with van der Waals surface area (Å²) in [4.78, 5) is 72.5. The van der Waals surface area contributed by atoms with Gasteiger partial charge in [0, 0.05) is 80.2 Å². The zero-order valence-corrected chi connectivity index (χ0v) is 25.7. The van der Waals surface area contributed by atoms with Crippen molar-refractivity contribution in [3.05, 3.63) is 29.8 Å². The molecule has 2 heterocycles. The Morgan fingerprint density at radius 2 is 1.69 bits per heavy atom. The molecule has 232 valence electrons. The van der Waals surface area contributed by atoms with Crippen molar-refractivity contribution in [2.45, 2.75) is 64.3 Å². The van der Waals surface area contributed by atoms with Crippen molar-refractivity contribution in [1.82, 2.24) is 24.5 Å². The van der Waals surface area contributed by atoms with Crippen LogP contribution in [0.1, 0.15) is 68.6 Å². The van der Waals surface area contributed by atoms with Gasteiger partial charge in [0.05, 0.1) is 12.2 Å². The van der Waals surface area contributed by atoms with Gasteiger partial charge in [-0.3, -0.25) is 24.0 Å². The van der Waals surface area contributed by atoms with Crippen molar-refractivity contribution < 1.29 is 28.7 Å². The van der Waals surface area contributed by atoms with Crippen molar-refractivity contribution in [3.8, 4) is 5.75 Å². The second-order valence-electron chi connectivity index (χ2n) is 11.3. The molecule has 0 saturated carbocycles. The van der Waals surface area contributed by atoms with Gasteiger partial charge < -0.3 is 29.2 Å². The largest absolute Gasteiger partial charge is 0.493 e. The molecule has 2 aliphatic rings. The quantitative estimate of drug-likeness (QED) is 0.486. The Bertz CT molecular complexity index is 1110. The molecule has 0 bridgehead atoms. The third-order valence-electron chi connectivity index (χ3n) is 8.20. The average molecular weight is 586 g/mol. The molecule has 0 radical (unpaired) electrons. The van der Waals surface area contributed by atoms with Gasteiger partial charge in [-0.25, -0.2) is 0 Å². The Morgan fingerprint density at radius 1 is 0.976 bits per heavy atom. The predicted octanol–water partition coefficient (Wildman–Crippen LogP) is 2.25. The lowest BCUT2D eigenvalue weighted by atomic mass is 10.1. The first-order chi connectivity index (χ1) is 20.1. The summed E-state index contributed by atoms with van der Waals surface area (Å²) in [6, 6.07) is 6.30. The Morgan fingerprint density at radius 3 is 2.40 bits per heavy atom. The highest BCUT2D eigenvalue weighted by molar-refractivity contribution is 5.99. The van der Waals surface area contributed by atoms with E-state index < -0.39 is 6.04 Å². The number of likely N-dealkylation sites (tertiary alicyclic amines) is 1. The van der Waals surface area contributed by atoms with Gasteiger partial charge in [-0.1, -0.05) is 12.1 Å². The number of nitrogens with zero attached hydrogens (tertiary/aromatic N) is 5. The lowest BCUT2D eigenvalue weighted by molar-refractivity contribution is -0.135. The Hall–Kier alpha value is -3.63. The predicted molar refractivity (Wildman–Crippen MR) is 159 cm³/mol. The minimum atomic E-state index is -0.699. The van der Waals surface area contributed by atoms with E-state index in [-0.39, 0.29) is 36.0 Å². The van der Waals surface area contributed by atoms with Crippen molar-refractivity contribution >= 4 is 29.5 Å². The van der Waals surface area contributed by atoms with E-state index in [2.05, 4.69) is 0 Å². The van der Waals surface area contributed by atoms with Crippen LogP contribution in [0.5, 0.6) is 5.75 Å². The first kappa shape index (κ1) is 32.9. The molecule has 0 aromatic heterocycles. The fourth-order valence-electron chi connectivity index (χ4n) is 5.41. The molecule has 0 spiro atoms. The summed E-state index contributed by atoms with van der Waals surface area (Å²) in [5.74, 6) is 0.0300. The smallest absolute Gasteiger partial charge is 0.258 e. The van der Waals surface area contributed by atoms with Gasteiger partial charge in [-0.2, -0.15) is 0 Å². The van der Waals surface area contributed by atoms with Crippen LogP contribution in [-0.4, -0.2) is 127 Å². The lowest BCUT2D eigenvalue weighted by Gasteiger charge is -2.32. The number of hydrogen-bond donors (Lipinski definition) is 0. The molecule has 0 N–H and O–H groups in total. The number of carbonyl (C=O) groups is 5. The van der Waals surface area contributed by atoms with Crippen molar-refractivity contribution in [3.63, 3.8) is 0 Å². The normalized spacial score (nSPS) is 19.5. The number of hydrogen-bond acceptors (Lipinski definition) is 6. The average Bonchev–Trinajstić information content (AvgIpc) is 3.39. The summed E-state index contributed by atoms with van der Waals surface area (Å²) < 4.78 is 6.03. The van der Waals surface area contributed by atoms with Crippen LogP contribution >= 0.6 is 0 Å². The molecule has 0 unspecified atom stereocenters. The molecule has 2 aliphatic heterocycles. The molecule has 11 heteroatoms. The number of rotatable bonds is 7. The molecule has 5 amide bonds. The van der Waals surface area contributed by atoms with Crippen LogP contribution in [0.4, 0.5) is 0 Å². The second kappa shape index (κ2) is 16.1. The van der Waals surface area contributed by atoms with E-state index in [1.54, 1.807) is 60.1 Å². The number of benzene rings is 1. The summed E-state index contributed by atoms with van der Waals surface area (Å²) in [7, 11) is 5.11. The monoisotopic (exact) mass is 585 g/mol. The summed E-state index contributed by atoms with van der Waals surface area (Å²) in [6.07, 6.45) is 4.68. The highest BCUT2D eigenvalue weighted by atomic mass is 16.5. The zero-order valence-electron chi connectivity index (χ0n) is 25.7. The van der Waals surface area contributed by atoms with Crippen LogP contribution < -0.4 is 4.74 Å². The van der Waals surface area contributed by atoms with Crippen LogP contribution in [0.3, 0.4) is 0 Å². The van der Waals surface area contributed by atoms with Gasteiger partial charge in [0.1, 0.15) is 11.8 Å². The topological polar surface area (TPSA) is 111 Å². The molecular weight excluding hydrogens is 538 g/mol. The molecule has 3 rings (SSSR count). The van der Waals surface area contributed by atoms with Crippen LogP contribution in [0, 0.1) is 0 Å². The van der Waals surface area contributed by atoms with E-state index in [4.69, 9.17) is 4.74 Å². The molecular formula is C31H47N5O6. The minimum absolute atomic E-state index is 0.00745. The summed E-state index contributed by atoms with van der Waals surface area (Å²) in [5.41, 5.74) is 0.372. The molecule has 11 nitrogen and oxygen atoms in total. The molecule has 1 aromatic carbocycles. The van der Waals surface area contributed by atoms with Crippen molar-refractivity contribution in [1.29, 1.82) is 0 Å². The molecule has 1 saturated heterocycles. The summed E-state index contributed by atoms with van der Waals surface area (Å²) in [5, 5.41) is 0. The maximum atomic E-state index is 13.7. The Kier molecular flexibility index (Phi) is 12.6. The molecule has 0 aliphatic carbocycles. The van der Waals surface area contributed by atoms with Crippen molar-refractivity contribution in [2.75, 3.05) is 67.0 Å². The van der Waals surface area contributed by atoms with Crippen LogP contribution in [0.15, 0.2) is 24.3 Å². The van der Waals surface area contributed by atoms with Crippen molar-refractivity contribution in [2.24, 2.45) is 0 Å². The maximum absolute atomic E-state index is 13.7. The van der Waals surface area contributed by atoms with E-state index >= 15 is 0 Å². The second-order valence-corrected chi connectivity index (χ2v) is 11.3. The number of fused-ring (bicyclic) bond motifs is 1. The molecule has 1 aromatic rings. The van der Waals surface area contributed by atoms with Gasteiger partial charge in [0.25, 0.3) is 5.91 Å². The highest BCUT2D eigenvalue weighted by Crippen LogP contribution is 2.23. The van der Waals surface area contributed by atoms with Crippen LogP contribution in [-0.2, 0) is 19.2 Å². The Balaban J connectivity index is 1.75. The van der Waals surface area contributed by atoms with E-state index in [1.165, 1.54) is 11.8 Å². The summed E-state index contributed by atoms with van der Waals surface area (Å²) in [6.45, 7) is 5.02. The lowest BCUT2D eigenvalue weighted by Crippen LogP contribution is -2.49. The zero-order chi connectivity index (χ0) is 30.6. The third kappa shape index (κ3) is 9.19. The van der Waals surface area contributed by atoms with Crippen LogP contribution in [0.2, 0.25) is 0 Å². The maximum Gasteiger partial charge on any atom is 0.258 e. The standard InChI is InChI=1S/C31H47N5O6/c1-24(37)32(2)18-9-13-26-31(41)33(3)17-7-8-19-35(29(39)16-22-36-20-10-15-28(36)38)21-11-23-42-27-14-6-5-12-25(27)30(40)34(26)4/h5-6,12,14,26H,7-11,13,15-23H2,1-4H3/t26-/m0/s1. The van der Waals surface area contributed by atoms with Gasteiger partial charge >= 0.3 is 0 Å². The van der Waals surface area contributed by atoms with Crippen LogP contribution in [0.25, 0.3) is 0 Å². The Labute approximate surface area is 249 Å². The minimum Gasteiger partial charge on any atom is -0.493 e. The van der Waals surface area contributed by atoms with E-state index in [9.17, 15) is 24.0 Å². The van der Waals surface area contributed by atoms with E-state index in [0.29, 0.717) is 89.3 Å². The fourth-order valence-corrected chi connectivity index (χ4v) is 5.41. The van der Waals surface area contributed by atoms with E-state index in [0.717, 1.165) is 12.8 Å². The van der Waals surface area contributed by atoms with Gasteiger partial charge in [-0.15, -0.1) is 0 Å². The molecule has 42 heavy (non-hydrogen) atoms. The number of amides is 5. The summed E-state index contributed by atoms with van der Waals surface area (Å²) >= 11 is 0. The molecule has 1 fully saturated rings. The third-order valence-corrected chi connectivity index (χ3v) is 8.20.